The number of nitro groups is 1. The van der Waals surface area contributed by atoms with Gasteiger partial charge in [0.25, 0.3) is 0 Å². The summed E-state index contributed by atoms with van der Waals surface area (Å²) in [4.78, 5) is 12.6. The van der Waals surface area contributed by atoms with Gasteiger partial charge in [-0.1, -0.05) is 0 Å². The molecule has 0 spiro atoms. The maximum atomic E-state index is 12.2. The molecule has 0 aromatic carbocycles. The summed E-state index contributed by atoms with van der Waals surface area (Å²) in [6.45, 7) is 0. The first-order chi connectivity index (χ1) is 6.97. The number of pyridine rings is 1. The number of rotatable bonds is 2. The van der Waals surface area contributed by atoms with E-state index >= 15 is 0 Å². The lowest BCUT2D eigenvalue weighted by molar-refractivity contribution is -0.390. The third-order valence-electron chi connectivity index (χ3n) is 1.48. The summed E-state index contributed by atoms with van der Waals surface area (Å²) < 4.78 is 24.3. The van der Waals surface area contributed by atoms with Gasteiger partial charge < -0.3 is 10.1 Å². The Morgan fingerprint density at radius 3 is 2.67 bits per heavy atom. The monoisotopic (exact) mass is 277 g/mol. The first-order valence-electron chi connectivity index (χ1n) is 3.50. The Balaban J connectivity index is 3.47. The van der Waals surface area contributed by atoms with E-state index in [1.807, 2.05) is 0 Å². The zero-order valence-corrected chi connectivity index (χ0v) is 8.53. The smallest absolute Gasteiger partial charge is 0.358 e. The molecule has 0 aliphatic rings. The molecule has 0 amide bonds. The number of halogens is 3. The van der Waals surface area contributed by atoms with Crippen LogP contribution in [0, 0.1) is 21.4 Å². The summed E-state index contributed by atoms with van der Waals surface area (Å²) in [5.41, 5.74) is -1.03. The second-order valence-electron chi connectivity index (χ2n) is 2.40. The maximum Gasteiger partial charge on any atom is 0.379 e. The van der Waals surface area contributed by atoms with E-state index in [2.05, 4.69) is 20.9 Å². The van der Waals surface area contributed by atoms with Gasteiger partial charge in [-0.15, -0.1) is 0 Å². The molecule has 1 heterocycles. The number of aromatic nitrogens is 1. The van der Waals surface area contributed by atoms with Crippen LogP contribution in [0.15, 0.2) is 10.5 Å². The molecule has 0 fully saturated rings. The minimum atomic E-state index is -2.95. The number of hydrogen-bond donors (Lipinski definition) is 0. The molecule has 1 rings (SSSR count). The van der Waals surface area contributed by atoms with Gasteiger partial charge in [0.2, 0.25) is 5.69 Å². The van der Waals surface area contributed by atoms with Gasteiger partial charge in [0, 0.05) is 6.07 Å². The van der Waals surface area contributed by atoms with Gasteiger partial charge >= 0.3 is 12.2 Å². The summed E-state index contributed by atoms with van der Waals surface area (Å²) in [6, 6.07) is 2.37. The maximum absolute atomic E-state index is 12.2. The lowest BCUT2D eigenvalue weighted by Gasteiger charge is -1.99. The molecule has 0 N–H and O–H groups in total. The van der Waals surface area contributed by atoms with Crippen LogP contribution in [0.25, 0.3) is 0 Å². The van der Waals surface area contributed by atoms with Crippen LogP contribution in [0.5, 0.6) is 0 Å². The molecule has 1 aromatic heterocycles. The molecule has 5 nitrogen and oxygen atoms in total. The van der Waals surface area contributed by atoms with Crippen molar-refractivity contribution < 1.29 is 13.7 Å². The average Bonchev–Trinajstić information content (AvgIpc) is 2.17. The molecule has 0 atom stereocenters. The second-order valence-corrected chi connectivity index (χ2v) is 3.19. The standard InChI is InChI=1S/C7H2BrF2N3O2/c8-5-3(2-11)1-4(6(9)10)12-7(5)13(14)15/h1,6H. The summed E-state index contributed by atoms with van der Waals surface area (Å²) in [6.07, 6.45) is -2.95. The quantitative estimate of drug-likeness (QED) is 0.615. The first-order valence-corrected chi connectivity index (χ1v) is 4.29. The van der Waals surface area contributed by atoms with Gasteiger partial charge in [0.15, 0.2) is 0 Å². The van der Waals surface area contributed by atoms with Gasteiger partial charge in [0.05, 0.1) is 5.56 Å². The van der Waals surface area contributed by atoms with Crippen molar-refractivity contribution in [2.45, 2.75) is 6.43 Å². The van der Waals surface area contributed by atoms with Gasteiger partial charge in [-0.2, -0.15) is 5.26 Å². The summed E-state index contributed by atoms with van der Waals surface area (Å²) >= 11 is 2.75. The Morgan fingerprint density at radius 2 is 2.27 bits per heavy atom. The van der Waals surface area contributed by atoms with E-state index in [9.17, 15) is 18.9 Å². The van der Waals surface area contributed by atoms with Crippen molar-refractivity contribution in [3.05, 3.63) is 31.9 Å². The first kappa shape index (κ1) is 11.5. The van der Waals surface area contributed by atoms with Gasteiger partial charge in [-0.25, -0.2) is 8.78 Å². The van der Waals surface area contributed by atoms with Crippen molar-refractivity contribution in [2.24, 2.45) is 0 Å². The van der Waals surface area contributed by atoms with Crippen LogP contribution in [0.2, 0.25) is 0 Å². The predicted octanol–water partition coefficient (Wildman–Crippen LogP) is 2.56. The van der Waals surface area contributed by atoms with E-state index in [1.54, 1.807) is 6.07 Å². The molecule has 0 radical (unpaired) electrons. The molecule has 1 aromatic rings. The summed E-state index contributed by atoms with van der Waals surface area (Å²) in [7, 11) is 0. The van der Waals surface area contributed by atoms with Crippen molar-refractivity contribution >= 4 is 21.7 Å². The molecule has 0 aliphatic carbocycles. The van der Waals surface area contributed by atoms with Gasteiger partial charge in [-0.3, -0.25) is 0 Å². The zero-order valence-electron chi connectivity index (χ0n) is 6.95. The van der Waals surface area contributed by atoms with E-state index in [-0.39, 0.29) is 10.0 Å². The molecular formula is C7H2BrF2N3O2. The highest BCUT2D eigenvalue weighted by Crippen LogP contribution is 2.29. The lowest BCUT2D eigenvalue weighted by atomic mass is 10.2. The van der Waals surface area contributed by atoms with Crippen LogP contribution in [0.4, 0.5) is 14.6 Å². The molecule has 78 valence electrons. The van der Waals surface area contributed by atoms with Crippen LogP contribution in [-0.2, 0) is 0 Å². The lowest BCUT2D eigenvalue weighted by Crippen LogP contribution is -2.00. The Kier molecular flexibility index (Phi) is 3.26. The van der Waals surface area contributed by atoms with E-state index < -0.39 is 22.9 Å². The SMILES string of the molecule is N#Cc1cc(C(F)F)nc([N+](=O)[O-])c1Br. The number of alkyl halides is 2. The Labute approximate surface area is 90.6 Å². The molecule has 15 heavy (non-hydrogen) atoms. The summed E-state index contributed by atoms with van der Waals surface area (Å²) in [5, 5.41) is 19.0. The normalized spacial score (nSPS) is 10.1. The topological polar surface area (TPSA) is 79.8 Å². The summed E-state index contributed by atoms with van der Waals surface area (Å²) in [5.74, 6) is -0.788. The molecule has 0 unspecified atom stereocenters. The fourth-order valence-electron chi connectivity index (χ4n) is 0.849. The Hall–Kier alpha value is -1.62. The molecule has 0 aliphatic heterocycles. The van der Waals surface area contributed by atoms with E-state index in [4.69, 9.17) is 5.26 Å². The molecule has 8 heteroatoms. The van der Waals surface area contributed by atoms with E-state index in [0.717, 1.165) is 6.07 Å². The van der Waals surface area contributed by atoms with Crippen molar-refractivity contribution in [3.63, 3.8) is 0 Å². The molecular weight excluding hydrogens is 276 g/mol. The zero-order chi connectivity index (χ0) is 11.6. The number of hydrogen-bond acceptors (Lipinski definition) is 4. The van der Waals surface area contributed by atoms with Crippen molar-refractivity contribution in [2.75, 3.05) is 0 Å². The van der Waals surface area contributed by atoms with E-state index in [0.29, 0.717) is 0 Å². The van der Waals surface area contributed by atoms with E-state index in [1.165, 1.54) is 0 Å². The molecule has 0 saturated heterocycles. The van der Waals surface area contributed by atoms with Crippen molar-refractivity contribution in [3.8, 4) is 6.07 Å². The van der Waals surface area contributed by atoms with Crippen LogP contribution >= 0.6 is 15.9 Å². The van der Waals surface area contributed by atoms with Crippen LogP contribution in [-0.4, -0.2) is 9.91 Å². The largest absolute Gasteiger partial charge is 0.379 e. The molecule has 0 bridgehead atoms. The van der Waals surface area contributed by atoms with Gasteiger partial charge in [-0.05, 0) is 25.8 Å². The Morgan fingerprint density at radius 1 is 1.67 bits per heavy atom. The number of nitrogens with zero attached hydrogens (tertiary/aromatic N) is 3. The minimum Gasteiger partial charge on any atom is -0.358 e. The highest BCUT2D eigenvalue weighted by atomic mass is 79.9. The van der Waals surface area contributed by atoms with Crippen LogP contribution in [0.3, 0.4) is 0 Å². The molecule has 0 saturated carbocycles. The average molecular weight is 278 g/mol. The number of nitriles is 1. The van der Waals surface area contributed by atoms with Gasteiger partial charge in [0.1, 0.15) is 10.5 Å². The highest BCUT2D eigenvalue weighted by Gasteiger charge is 2.25. The van der Waals surface area contributed by atoms with Crippen molar-refractivity contribution in [1.82, 2.24) is 4.98 Å². The fourth-order valence-corrected chi connectivity index (χ4v) is 1.29. The minimum absolute atomic E-state index is 0.195. The third-order valence-corrected chi connectivity index (χ3v) is 2.26. The third kappa shape index (κ3) is 2.24. The second kappa shape index (κ2) is 4.27. The van der Waals surface area contributed by atoms with Crippen molar-refractivity contribution in [1.29, 1.82) is 5.26 Å². The fraction of sp³-hybridized carbons (Fsp3) is 0.143. The Bertz CT molecular complexity index is 458. The highest BCUT2D eigenvalue weighted by molar-refractivity contribution is 9.10. The predicted molar refractivity (Wildman–Crippen MR) is 48.3 cm³/mol. The van der Waals surface area contributed by atoms with Crippen LogP contribution < -0.4 is 0 Å². The van der Waals surface area contributed by atoms with Crippen LogP contribution in [0.1, 0.15) is 17.7 Å².